The molecule has 0 spiro atoms. The van der Waals surface area contributed by atoms with Gasteiger partial charge in [0.25, 0.3) is 5.91 Å². The minimum Gasteiger partial charge on any atom is -0.468 e. The van der Waals surface area contributed by atoms with Crippen molar-refractivity contribution in [2.45, 2.75) is 25.7 Å². The molecule has 0 N–H and O–H groups in total. The average Bonchev–Trinajstić information content (AvgIpc) is 3.12. The first kappa shape index (κ1) is 12.6. The van der Waals surface area contributed by atoms with Crippen LogP contribution in [-0.2, 0) is 9.53 Å². The molecule has 1 aromatic rings. The van der Waals surface area contributed by atoms with Crippen LogP contribution in [0.15, 0.2) is 10.6 Å². The Balaban J connectivity index is 2.04. The highest BCUT2D eigenvalue weighted by molar-refractivity contribution is 5.94. The van der Waals surface area contributed by atoms with Gasteiger partial charge in [-0.15, -0.1) is 0 Å². The molecular formula is C12H16N2O4. The van der Waals surface area contributed by atoms with E-state index in [-0.39, 0.29) is 18.1 Å². The van der Waals surface area contributed by atoms with Gasteiger partial charge in [-0.3, -0.25) is 9.59 Å². The molecule has 0 unspecified atom stereocenters. The normalized spacial score (nSPS) is 14.3. The summed E-state index contributed by atoms with van der Waals surface area (Å²) in [5.41, 5.74) is 0.252. The maximum Gasteiger partial charge on any atom is 0.325 e. The lowest BCUT2D eigenvalue weighted by molar-refractivity contribution is -0.141. The molecule has 1 aliphatic rings. The number of methoxy groups -OCH3 is 1. The van der Waals surface area contributed by atoms with E-state index in [1.807, 2.05) is 0 Å². The van der Waals surface area contributed by atoms with E-state index < -0.39 is 5.97 Å². The van der Waals surface area contributed by atoms with Gasteiger partial charge in [-0.25, -0.2) is 0 Å². The van der Waals surface area contributed by atoms with Crippen LogP contribution >= 0.6 is 0 Å². The summed E-state index contributed by atoms with van der Waals surface area (Å²) in [7, 11) is 1.29. The van der Waals surface area contributed by atoms with Crippen molar-refractivity contribution in [1.29, 1.82) is 0 Å². The smallest absolute Gasteiger partial charge is 0.325 e. The van der Waals surface area contributed by atoms with Gasteiger partial charge in [-0.1, -0.05) is 5.16 Å². The lowest BCUT2D eigenvalue weighted by Crippen LogP contribution is -2.36. The van der Waals surface area contributed by atoms with Gasteiger partial charge < -0.3 is 14.2 Å². The van der Waals surface area contributed by atoms with E-state index in [1.54, 1.807) is 13.0 Å². The molecule has 1 heterocycles. The van der Waals surface area contributed by atoms with Crippen LogP contribution in [0.1, 0.15) is 41.9 Å². The van der Waals surface area contributed by atoms with Gasteiger partial charge in [0.1, 0.15) is 12.3 Å². The zero-order chi connectivity index (χ0) is 13.1. The van der Waals surface area contributed by atoms with Gasteiger partial charge >= 0.3 is 5.97 Å². The van der Waals surface area contributed by atoms with Crippen molar-refractivity contribution in [2.24, 2.45) is 0 Å². The molecule has 6 nitrogen and oxygen atoms in total. The van der Waals surface area contributed by atoms with Crippen LogP contribution < -0.4 is 0 Å². The fraction of sp³-hybridized carbons (Fsp3) is 0.583. The third-order valence-electron chi connectivity index (χ3n) is 2.94. The zero-order valence-electron chi connectivity index (χ0n) is 10.5. The summed E-state index contributed by atoms with van der Waals surface area (Å²) in [6, 6.07) is 1.67. The molecule has 0 aliphatic heterocycles. The minimum absolute atomic E-state index is 0.0720. The Morgan fingerprint density at radius 1 is 1.56 bits per heavy atom. The molecule has 1 aliphatic carbocycles. The molecule has 1 saturated carbocycles. The van der Waals surface area contributed by atoms with E-state index in [9.17, 15) is 9.59 Å². The van der Waals surface area contributed by atoms with Gasteiger partial charge in [0, 0.05) is 18.5 Å². The molecule has 1 aromatic heterocycles. The Bertz CT molecular complexity index is 451. The van der Waals surface area contributed by atoms with Crippen molar-refractivity contribution in [3.05, 3.63) is 17.5 Å². The molecule has 1 fully saturated rings. The second-order valence-electron chi connectivity index (χ2n) is 4.28. The summed E-state index contributed by atoms with van der Waals surface area (Å²) < 4.78 is 9.67. The van der Waals surface area contributed by atoms with E-state index in [2.05, 4.69) is 9.89 Å². The first-order valence-corrected chi connectivity index (χ1v) is 5.98. The number of rotatable bonds is 5. The SMILES string of the molecule is CCN(CC(=O)OC)C(=O)c1cc(C2CC2)on1. The third-order valence-corrected chi connectivity index (χ3v) is 2.94. The van der Waals surface area contributed by atoms with Crippen molar-refractivity contribution < 1.29 is 18.8 Å². The molecule has 0 aromatic carbocycles. The van der Waals surface area contributed by atoms with Gasteiger partial charge in [0.15, 0.2) is 5.69 Å². The third kappa shape index (κ3) is 2.69. The van der Waals surface area contributed by atoms with Gasteiger partial charge in [-0.2, -0.15) is 0 Å². The molecule has 0 bridgehead atoms. The Morgan fingerprint density at radius 2 is 2.28 bits per heavy atom. The number of ether oxygens (including phenoxy) is 1. The van der Waals surface area contributed by atoms with Gasteiger partial charge in [-0.05, 0) is 19.8 Å². The number of esters is 1. The number of aromatic nitrogens is 1. The second kappa shape index (κ2) is 5.20. The zero-order valence-corrected chi connectivity index (χ0v) is 10.5. The largest absolute Gasteiger partial charge is 0.468 e. The number of nitrogens with zero attached hydrogens (tertiary/aromatic N) is 2. The first-order valence-electron chi connectivity index (χ1n) is 5.98. The molecule has 6 heteroatoms. The van der Waals surface area contributed by atoms with E-state index in [0.717, 1.165) is 18.6 Å². The van der Waals surface area contributed by atoms with Crippen LogP contribution in [0.2, 0.25) is 0 Å². The van der Waals surface area contributed by atoms with E-state index in [0.29, 0.717) is 12.5 Å². The van der Waals surface area contributed by atoms with Crippen molar-refractivity contribution in [3.8, 4) is 0 Å². The van der Waals surface area contributed by atoms with Crippen molar-refractivity contribution >= 4 is 11.9 Å². The number of hydrogen-bond acceptors (Lipinski definition) is 5. The van der Waals surface area contributed by atoms with Crippen molar-refractivity contribution in [2.75, 3.05) is 20.2 Å². The highest BCUT2D eigenvalue weighted by Crippen LogP contribution is 2.40. The Kier molecular flexibility index (Phi) is 3.64. The average molecular weight is 252 g/mol. The topological polar surface area (TPSA) is 72.6 Å². The maximum atomic E-state index is 12.1. The number of carbonyl (C=O) groups is 2. The minimum atomic E-state index is -0.448. The lowest BCUT2D eigenvalue weighted by atomic mass is 10.2. The Hall–Kier alpha value is -1.85. The van der Waals surface area contributed by atoms with Crippen LogP contribution in [-0.4, -0.2) is 42.1 Å². The van der Waals surface area contributed by atoms with Crippen LogP contribution in [0.5, 0.6) is 0 Å². The molecule has 98 valence electrons. The molecule has 0 atom stereocenters. The fourth-order valence-corrected chi connectivity index (χ4v) is 1.66. The van der Waals surface area contributed by atoms with Crippen LogP contribution in [0.4, 0.5) is 0 Å². The number of carbonyl (C=O) groups excluding carboxylic acids is 2. The van der Waals surface area contributed by atoms with E-state index in [1.165, 1.54) is 12.0 Å². The highest BCUT2D eigenvalue weighted by Gasteiger charge is 2.30. The first-order chi connectivity index (χ1) is 8.65. The lowest BCUT2D eigenvalue weighted by Gasteiger charge is -2.17. The quantitative estimate of drug-likeness (QED) is 0.736. The summed E-state index contributed by atoms with van der Waals surface area (Å²) in [6.45, 7) is 2.14. The highest BCUT2D eigenvalue weighted by atomic mass is 16.5. The molecule has 0 radical (unpaired) electrons. The molecule has 2 rings (SSSR count). The van der Waals surface area contributed by atoms with Gasteiger partial charge in [0.05, 0.1) is 7.11 Å². The van der Waals surface area contributed by atoms with Crippen molar-refractivity contribution in [3.63, 3.8) is 0 Å². The summed E-state index contributed by atoms with van der Waals surface area (Å²) in [6.07, 6.45) is 2.17. The Labute approximate surface area is 105 Å². The monoisotopic (exact) mass is 252 g/mol. The summed E-state index contributed by atoms with van der Waals surface area (Å²) in [5, 5.41) is 3.76. The molecule has 18 heavy (non-hydrogen) atoms. The van der Waals surface area contributed by atoms with Crippen LogP contribution in [0, 0.1) is 0 Å². The molecule has 1 amide bonds. The van der Waals surface area contributed by atoms with E-state index in [4.69, 9.17) is 4.52 Å². The number of amides is 1. The molecular weight excluding hydrogens is 236 g/mol. The van der Waals surface area contributed by atoms with Crippen molar-refractivity contribution in [1.82, 2.24) is 10.1 Å². The fourth-order valence-electron chi connectivity index (χ4n) is 1.66. The number of likely N-dealkylation sites (N-methyl/N-ethyl adjacent to an activating group) is 1. The van der Waals surface area contributed by atoms with Crippen LogP contribution in [0.25, 0.3) is 0 Å². The Morgan fingerprint density at radius 3 is 2.83 bits per heavy atom. The van der Waals surface area contributed by atoms with Gasteiger partial charge in [0.2, 0.25) is 0 Å². The predicted molar refractivity (Wildman–Crippen MR) is 62.1 cm³/mol. The predicted octanol–water partition coefficient (Wildman–Crippen LogP) is 1.19. The summed E-state index contributed by atoms with van der Waals surface area (Å²) >= 11 is 0. The summed E-state index contributed by atoms with van der Waals surface area (Å²) in [5.74, 6) is 0.414. The maximum absolute atomic E-state index is 12.1. The van der Waals surface area contributed by atoms with E-state index >= 15 is 0 Å². The standard InChI is InChI=1S/C12H16N2O4/c1-3-14(7-11(15)17-2)12(16)9-6-10(18-13-9)8-4-5-8/h6,8H,3-5,7H2,1-2H3. The second-order valence-corrected chi connectivity index (χ2v) is 4.28. The van der Waals surface area contributed by atoms with Crippen LogP contribution in [0.3, 0.4) is 0 Å². The summed E-state index contributed by atoms with van der Waals surface area (Å²) in [4.78, 5) is 24.6. The molecule has 0 saturated heterocycles. The number of hydrogen-bond donors (Lipinski definition) is 0.